The highest BCUT2D eigenvalue weighted by Crippen LogP contribution is 2.33. The first-order valence-corrected chi connectivity index (χ1v) is 4.83. The molecule has 0 radical (unpaired) electrons. The Bertz CT molecular complexity index is 495. The fraction of sp³-hybridized carbons (Fsp3) is 0. The lowest BCUT2D eigenvalue weighted by Gasteiger charge is -2.05. The fourth-order valence-electron chi connectivity index (χ4n) is 1.39. The molecule has 2 aromatic rings. The first-order chi connectivity index (χ1) is 7.18. The quantitative estimate of drug-likeness (QED) is 0.773. The predicted octanol–water partition coefficient (Wildman–Crippen LogP) is 3.42. The summed E-state index contributed by atoms with van der Waals surface area (Å²) in [5.41, 5.74) is 1.47. The topological polar surface area (TPSA) is 40.5 Å². The minimum absolute atomic E-state index is 0.0378. The molecule has 0 saturated carbocycles. The summed E-state index contributed by atoms with van der Waals surface area (Å²) >= 11 is 5.78. The Balaban J connectivity index is 2.55. The first-order valence-electron chi connectivity index (χ1n) is 4.45. The molecule has 0 bridgehead atoms. The first kappa shape index (κ1) is 9.87. The van der Waals surface area contributed by atoms with E-state index in [1.54, 1.807) is 30.3 Å². The smallest absolute Gasteiger partial charge is 0.134 e. The maximum absolute atomic E-state index is 9.62. The Hall–Kier alpha value is -1.67. The lowest BCUT2D eigenvalue weighted by Crippen LogP contribution is -1.79. The van der Waals surface area contributed by atoms with Gasteiger partial charge in [-0.1, -0.05) is 35.9 Å². The minimum Gasteiger partial charge on any atom is -0.507 e. The average Bonchev–Trinajstić information content (AvgIpc) is 2.23. The van der Waals surface area contributed by atoms with E-state index >= 15 is 0 Å². The van der Waals surface area contributed by atoms with Crippen molar-refractivity contribution >= 4 is 11.6 Å². The van der Waals surface area contributed by atoms with Gasteiger partial charge in [0.15, 0.2) is 0 Å². The van der Waals surface area contributed by atoms with E-state index in [0.29, 0.717) is 5.56 Å². The summed E-state index contributed by atoms with van der Waals surface area (Å²) in [5, 5.41) is 19.2. The van der Waals surface area contributed by atoms with Gasteiger partial charge in [0.2, 0.25) is 0 Å². The van der Waals surface area contributed by atoms with Gasteiger partial charge < -0.3 is 10.2 Å². The van der Waals surface area contributed by atoms with E-state index in [1.165, 1.54) is 6.07 Å². The summed E-state index contributed by atoms with van der Waals surface area (Å²) in [5.74, 6) is 0.232. The van der Waals surface area contributed by atoms with E-state index in [4.69, 9.17) is 11.6 Å². The van der Waals surface area contributed by atoms with Crippen molar-refractivity contribution in [2.45, 2.75) is 0 Å². The number of phenolic OH excluding ortho intramolecular Hbond substituents is 2. The second-order valence-electron chi connectivity index (χ2n) is 3.18. The van der Waals surface area contributed by atoms with E-state index in [-0.39, 0.29) is 16.5 Å². The lowest BCUT2D eigenvalue weighted by atomic mass is 10.0. The predicted molar refractivity (Wildman–Crippen MR) is 60.2 cm³/mol. The van der Waals surface area contributed by atoms with Gasteiger partial charge in [-0.25, -0.2) is 0 Å². The molecule has 0 aliphatic carbocycles. The Morgan fingerprint density at radius 3 is 2.27 bits per heavy atom. The Morgan fingerprint density at radius 2 is 1.60 bits per heavy atom. The van der Waals surface area contributed by atoms with Crippen LogP contribution in [0.4, 0.5) is 0 Å². The zero-order chi connectivity index (χ0) is 10.8. The van der Waals surface area contributed by atoms with Gasteiger partial charge >= 0.3 is 0 Å². The molecule has 3 heteroatoms. The molecule has 0 fully saturated rings. The third-order valence-electron chi connectivity index (χ3n) is 2.16. The molecular weight excluding hydrogens is 212 g/mol. The van der Waals surface area contributed by atoms with E-state index in [0.717, 1.165) is 5.56 Å². The summed E-state index contributed by atoms with van der Waals surface area (Å²) in [6.45, 7) is 0. The van der Waals surface area contributed by atoms with E-state index in [2.05, 4.69) is 0 Å². The lowest BCUT2D eigenvalue weighted by molar-refractivity contribution is 0.474. The molecule has 0 aliphatic rings. The summed E-state index contributed by atoms with van der Waals surface area (Å²) in [6.07, 6.45) is 0. The summed E-state index contributed by atoms with van der Waals surface area (Å²) in [4.78, 5) is 0. The van der Waals surface area contributed by atoms with Gasteiger partial charge in [0.1, 0.15) is 11.5 Å². The molecular formula is C12H9ClO2. The van der Waals surface area contributed by atoms with Gasteiger partial charge in [0, 0.05) is 5.56 Å². The summed E-state index contributed by atoms with van der Waals surface area (Å²) in [6, 6.07) is 11.8. The van der Waals surface area contributed by atoms with Crippen LogP contribution in [0, 0.1) is 0 Å². The number of hydrogen-bond donors (Lipinski definition) is 2. The SMILES string of the molecule is Oc1ccc(-c2ccccc2O)cc1Cl. The number of hydrogen-bond acceptors (Lipinski definition) is 2. The van der Waals surface area contributed by atoms with Crippen molar-refractivity contribution in [2.24, 2.45) is 0 Å². The number of halogens is 1. The average molecular weight is 221 g/mol. The molecule has 2 nitrogen and oxygen atoms in total. The van der Waals surface area contributed by atoms with E-state index in [1.807, 2.05) is 6.07 Å². The highest BCUT2D eigenvalue weighted by atomic mass is 35.5. The molecule has 2 aromatic carbocycles. The van der Waals surface area contributed by atoms with Crippen molar-refractivity contribution < 1.29 is 10.2 Å². The van der Waals surface area contributed by atoms with Crippen molar-refractivity contribution in [1.29, 1.82) is 0 Å². The monoisotopic (exact) mass is 220 g/mol. The molecule has 0 aliphatic heterocycles. The van der Waals surface area contributed by atoms with Crippen LogP contribution in [-0.4, -0.2) is 10.2 Å². The van der Waals surface area contributed by atoms with Crippen molar-refractivity contribution in [3.8, 4) is 22.6 Å². The van der Waals surface area contributed by atoms with Gasteiger partial charge in [0.25, 0.3) is 0 Å². The van der Waals surface area contributed by atoms with Crippen molar-refractivity contribution in [3.63, 3.8) is 0 Å². The zero-order valence-electron chi connectivity index (χ0n) is 7.81. The minimum atomic E-state index is 0.0378. The van der Waals surface area contributed by atoms with Gasteiger partial charge in [-0.3, -0.25) is 0 Å². The second kappa shape index (κ2) is 3.83. The van der Waals surface area contributed by atoms with E-state index in [9.17, 15) is 10.2 Å². The largest absolute Gasteiger partial charge is 0.507 e. The van der Waals surface area contributed by atoms with Crippen LogP contribution in [0.15, 0.2) is 42.5 Å². The standard InChI is InChI=1S/C12H9ClO2/c13-10-7-8(5-6-12(10)15)9-3-1-2-4-11(9)14/h1-7,14-15H. The fourth-order valence-corrected chi connectivity index (χ4v) is 1.57. The van der Waals surface area contributed by atoms with Crippen molar-refractivity contribution in [1.82, 2.24) is 0 Å². The molecule has 0 spiro atoms. The van der Waals surface area contributed by atoms with Crippen LogP contribution in [0.5, 0.6) is 11.5 Å². The second-order valence-corrected chi connectivity index (χ2v) is 3.59. The summed E-state index contributed by atoms with van der Waals surface area (Å²) < 4.78 is 0. The molecule has 0 aromatic heterocycles. The number of phenols is 2. The normalized spacial score (nSPS) is 10.2. The number of rotatable bonds is 1. The Kier molecular flexibility index (Phi) is 2.52. The van der Waals surface area contributed by atoms with E-state index < -0.39 is 0 Å². The zero-order valence-corrected chi connectivity index (χ0v) is 8.57. The molecule has 0 amide bonds. The highest BCUT2D eigenvalue weighted by Gasteiger charge is 2.05. The molecule has 0 saturated heterocycles. The molecule has 2 rings (SSSR count). The van der Waals surface area contributed by atoms with Crippen LogP contribution in [-0.2, 0) is 0 Å². The van der Waals surface area contributed by atoms with Crippen LogP contribution in [0.1, 0.15) is 0 Å². The molecule has 0 atom stereocenters. The van der Waals surface area contributed by atoms with Gasteiger partial charge in [0.05, 0.1) is 5.02 Å². The molecule has 76 valence electrons. The number of para-hydroxylation sites is 1. The van der Waals surface area contributed by atoms with Crippen molar-refractivity contribution in [3.05, 3.63) is 47.5 Å². The Labute approximate surface area is 92.4 Å². The molecule has 2 N–H and O–H groups in total. The molecule has 0 unspecified atom stereocenters. The van der Waals surface area contributed by atoms with Crippen LogP contribution < -0.4 is 0 Å². The number of benzene rings is 2. The van der Waals surface area contributed by atoms with Crippen LogP contribution in [0.3, 0.4) is 0 Å². The highest BCUT2D eigenvalue weighted by molar-refractivity contribution is 6.32. The number of aromatic hydroxyl groups is 2. The Morgan fingerprint density at radius 1 is 0.867 bits per heavy atom. The van der Waals surface area contributed by atoms with Crippen LogP contribution >= 0.6 is 11.6 Å². The third kappa shape index (κ3) is 1.90. The maximum Gasteiger partial charge on any atom is 0.134 e. The van der Waals surface area contributed by atoms with Crippen LogP contribution in [0.25, 0.3) is 11.1 Å². The van der Waals surface area contributed by atoms with Gasteiger partial charge in [-0.15, -0.1) is 0 Å². The van der Waals surface area contributed by atoms with Gasteiger partial charge in [-0.05, 0) is 23.8 Å². The third-order valence-corrected chi connectivity index (χ3v) is 2.47. The van der Waals surface area contributed by atoms with Gasteiger partial charge in [-0.2, -0.15) is 0 Å². The van der Waals surface area contributed by atoms with Crippen LogP contribution in [0.2, 0.25) is 5.02 Å². The maximum atomic E-state index is 9.62. The van der Waals surface area contributed by atoms with Crippen molar-refractivity contribution in [2.75, 3.05) is 0 Å². The molecule has 15 heavy (non-hydrogen) atoms. The molecule has 0 heterocycles. The summed E-state index contributed by atoms with van der Waals surface area (Å²) in [7, 11) is 0.